The Morgan fingerprint density at radius 1 is 1.12 bits per heavy atom. The molecule has 0 spiro atoms. The monoisotopic (exact) mass is 429 g/mol. The van der Waals surface area contributed by atoms with Crippen LogP contribution in [0.25, 0.3) is 16.9 Å². The smallest absolute Gasteiger partial charge is 0.251 e. The third-order valence-electron chi connectivity index (χ3n) is 5.19. The minimum Gasteiger partial charge on any atom is -0.394 e. The number of carbonyl (C=O) groups excluding carboxylic acids is 1. The fourth-order valence-corrected chi connectivity index (χ4v) is 3.72. The lowest BCUT2D eigenvalue weighted by Crippen LogP contribution is -2.46. The number of hydrogen-bond acceptors (Lipinski definition) is 5. The Morgan fingerprint density at radius 3 is 2.59 bits per heavy atom. The van der Waals surface area contributed by atoms with Gasteiger partial charge in [-0.1, -0.05) is 41.5 Å². The van der Waals surface area contributed by atoms with Crippen LogP contribution in [0.15, 0.2) is 54.9 Å². The number of aromatic nitrogens is 4. The average molecular weight is 430 g/mol. The highest BCUT2D eigenvalue weighted by Gasteiger charge is 2.21. The molecule has 164 valence electrons. The molecular formula is C25H27N5O2. The number of nitrogens with one attached hydrogen (secondary N) is 1. The van der Waals surface area contributed by atoms with Crippen LogP contribution in [-0.2, 0) is 6.42 Å². The maximum atomic E-state index is 12.7. The van der Waals surface area contributed by atoms with Crippen molar-refractivity contribution in [1.82, 2.24) is 24.9 Å². The molecule has 1 amide bonds. The first-order chi connectivity index (χ1) is 15.2. The third kappa shape index (κ3) is 4.68. The van der Waals surface area contributed by atoms with Crippen molar-refractivity contribution >= 4 is 11.6 Å². The van der Waals surface area contributed by atoms with E-state index in [0.29, 0.717) is 29.1 Å². The van der Waals surface area contributed by atoms with Crippen molar-refractivity contribution < 1.29 is 9.90 Å². The molecule has 0 aliphatic rings. The molecule has 2 aromatic carbocycles. The van der Waals surface area contributed by atoms with E-state index in [1.807, 2.05) is 12.1 Å². The zero-order valence-electron chi connectivity index (χ0n) is 18.8. The number of aliphatic hydroxyl groups excluding tert-OH is 1. The summed E-state index contributed by atoms with van der Waals surface area (Å²) in [6, 6.07) is 13.7. The molecule has 2 aromatic heterocycles. The van der Waals surface area contributed by atoms with Gasteiger partial charge in [0.25, 0.3) is 5.91 Å². The number of rotatable bonds is 6. The summed E-state index contributed by atoms with van der Waals surface area (Å²) in [6.45, 7) is 7.55. The van der Waals surface area contributed by atoms with E-state index >= 15 is 0 Å². The molecule has 0 aliphatic heterocycles. The van der Waals surface area contributed by atoms with Crippen LogP contribution in [0.2, 0.25) is 0 Å². The molecule has 7 nitrogen and oxygen atoms in total. The molecule has 4 rings (SSSR count). The van der Waals surface area contributed by atoms with Gasteiger partial charge in [-0.05, 0) is 45.4 Å². The zero-order chi connectivity index (χ0) is 22.9. The summed E-state index contributed by atoms with van der Waals surface area (Å²) in [6.07, 6.45) is 4.08. The first-order valence-electron chi connectivity index (χ1n) is 10.6. The van der Waals surface area contributed by atoms with Gasteiger partial charge in [0.1, 0.15) is 5.69 Å². The Morgan fingerprint density at radius 2 is 1.88 bits per heavy atom. The van der Waals surface area contributed by atoms with Crippen LogP contribution in [-0.4, -0.2) is 42.7 Å². The van der Waals surface area contributed by atoms with Gasteiger partial charge in [-0.25, -0.2) is 9.50 Å². The van der Waals surface area contributed by atoms with E-state index < -0.39 is 5.54 Å². The quantitative estimate of drug-likeness (QED) is 0.489. The number of amides is 1. The standard InChI is InChI=1S/C25H27N5O2/c1-16-10-17(2)12-18(11-16)13-21-27-23-22(26-8-9-30(23)29-21)19-6-5-7-20(14-19)24(32)28-25(3,4)15-31/h5-12,14,31H,13,15H2,1-4H3,(H,28,32). The van der Waals surface area contributed by atoms with Crippen LogP contribution < -0.4 is 5.32 Å². The summed E-state index contributed by atoms with van der Waals surface area (Å²) in [5, 5.41) is 16.9. The predicted octanol–water partition coefficient (Wildman–Crippen LogP) is 3.50. The lowest BCUT2D eigenvalue weighted by atomic mass is 10.0. The number of fused-ring (bicyclic) bond motifs is 1. The molecule has 0 saturated heterocycles. The average Bonchev–Trinajstić information content (AvgIpc) is 3.15. The molecule has 0 radical (unpaired) electrons. The largest absolute Gasteiger partial charge is 0.394 e. The van der Waals surface area contributed by atoms with E-state index in [2.05, 4.69) is 47.4 Å². The minimum absolute atomic E-state index is 0.151. The summed E-state index contributed by atoms with van der Waals surface area (Å²) in [4.78, 5) is 21.9. The van der Waals surface area contributed by atoms with E-state index in [0.717, 1.165) is 11.1 Å². The second kappa shape index (κ2) is 8.51. The normalized spacial score (nSPS) is 11.7. The Kier molecular flexibility index (Phi) is 5.76. The molecule has 0 saturated carbocycles. The van der Waals surface area contributed by atoms with Crippen LogP contribution in [0.1, 0.15) is 46.7 Å². The summed E-state index contributed by atoms with van der Waals surface area (Å²) in [7, 11) is 0. The SMILES string of the molecule is Cc1cc(C)cc(Cc2nc3c(-c4cccc(C(=O)NC(C)(C)CO)c4)nccn3n2)c1. The van der Waals surface area contributed by atoms with Gasteiger partial charge in [-0.2, -0.15) is 5.10 Å². The maximum Gasteiger partial charge on any atom is 0.251 e. The van der Waals surface area contributed by atoms with E-state index in [1.165, 1.54) is 11.1 Å². The summed E-state index contributed by atoms with van der Waals surface area (Å²) in [5.41, 5.74) is 5.44. The molecule has 0 fully saturated rings. The van der Waals surface area contributed by atoms with E-state index in [4.69, 9.17) is 4.98 Å². The first-order valence-corrected chi connectivity index (χ1v) is 10.6. The zero-order valence-corrected chi connectivity index (χ0v) is 18.8. The van der Waals surface area contributed by atoms with Gasteiger partial charge in [0, 0.05) is 29.9 Å². The van der Waals surface area contributed by atoms with Crippen molar-refractivity contribution in [2.75, 3.05) is 6.61 Å². The van der Waals surface area contributed by atoms with Crippen LogP contribution in [0.3, 0.4) is 0 Å². The molecule has 0 atom stereocenters. The maximum absolute atomic E-state index is 12.7. The number of aliphatic hydroxyl groups is 1. The van der Waals surface area contributed by atoms with E-state index in [-0.39, 0.29) is 12.5 Å². The second-order valence-corrected chi connectivity index (χ2v) is 8.82. The van der Waals surface area contributed by atoms with Gasteiger partial charge in [0.2, 0.25) is 0 Å². The number of hydrogen-bond donors (Lipinski definition) is 2. The van der Waals surface area contributed by atoms with Gasteiger partial charge in [0.05, 0.1) is 12.1 Å². The van der Waals surface area contributed by atoms with Crippen molar-refractivity contribution in [3.63, 3.8) is 0 Å². The number of aryl methyl sites for hydroxylation is 2. The predicted molar refractivity (Wildman–Crippen MR) is 124 cm³/mol. The Labute approximate surface area is 187 Å². The fourth-order valence-electron chi connectivity index (χ4n) is 3.72. The Hall–Kier alpha value is -3.58. The van der Waals surface area contributed by atoms with Crippen LogP contribution in [0.4, 0.5) is 0 Å². The molecular weight excluding hydrogens is 402 g/mol. The van der Waals surface area contributed by atoms with Crippen LogP contribution in [0, 0.1) is 13.8 Å². The lowest BCUT2D eigenvalue weighted by Gasteiger charge is -2.23. The fraction of sp³-hybridized carbons (Fsp3) is 0.280. The minimum atomic E-state index is -0.707. The van der Waals surface area contributed by atoms with Crippen molar-refractivity contribution in [2.45, 2.75) is 39.7 Å². The van der Waals surface area contributed by atoms with E-state index in [9.17, 15) is 9.90 Å². The highest BCUT2D eigenvalue weighted by atomic mass is 16.3. The first kappa shape index (κ1) is 21.6. The molecule has 0 aliphatic carbocycles. The highest BCUT2D eigenvalue weighted by molar-refractivity contribution is 5.96. The molecule has 2 N–H and O–H groups in total. The van der Waals surface area contributed by atoms with Crippen molar-refractivity contribution in [3.8, 4) is 11.3 Å². The van der Waals surface area contributed by atoms with Crippen LogP contribution >= 0.6 is 0 Å². The van der Waals surface area contributed by atoms with Gasteiger partial charge < -0.3 is 10.4 Å². The Bertz CT molecular complexity index is 1270. The van der Waals surface area contributed by atoms with Crippen molar-refractivity contribution in [3.05, 3.63) is 82.9 Å². The topological polar surface area (TPSA) is 92.4 Å². The summed E-state index contributed by atoms with van der Waals surface area (Å²) >= 11 is 0. The number of nitrogens with zero attached hydrogens (tertiary/aromatic N) is 4. The lowest BCUT2D eigenvalue weighted by molar-refractivity contribution is 0.0869. The summed E-state index contributed by atoms with van der Waals surface area (Å²) in [5.74, 6) is 0.456. The van der Waals surface area contributed by atoms with Crippen molar-refractivity contribution in [1.29, 1.82) is 0 Å². The van der Waals surface area contributed by atoms with Gasteiger partial charge in [0.15, 0.2) is 11.5 Å². The number of carbonyl (C=O) groups is 1. The molecule has 2 heterocycles. The Balaban J connectivity index is 1.67. The van der Waals surface area contributed by atoms with Gasteiger partial charge in [-0.15, -0.1) is 0 Å². The van der Waals surface area contributed by atoms with Gasteiger partial charge in [-0.3, -0.25) is 9.78 Å². The summed E-state index contributed by atoms with van der Waals surface area (Å²) < 4.78 is 1.72. The van der Waals surface area contributed by atoms with Crippen molar-refractivity contribution in [2.24, 2.45) is 0 Å². The molecule has 4 aromatic rings. The molecule has 0 bridgehead atoms. The van der Waals surface area contributed by atoms with Gasteiger partial charge >= 0.3 is 0 Å². The van der Waals surface area contributed by atoms with Crippen LogP contribution in [0.5, 0.6) is 0 Å². The number of benzene rings is 2. The second-order valence-electron chi connectivity index (χ2n) is 8.82. The molecule has 0 unspecified atom stereocenters. The molecule has 32 heavy (non-hydrogen) atoms. The molecule has 7 heteroatoms. The van der Waals surface area contributed by atoms with E-state index in [1.54, 1.807) is 42.9 Å². The highest BCUT2D eigenvalue weighted by Crippen LogP contribution is 2.23. The third-order valence-corrected chi connectivity index (χ3v) is 5.19.